The molecule has 3 nitrogen and oxygen atoms in total. The zero-order chi connectivity index (χ0) is 9.84. The van der Waals surface area contributed by atoms with Crippen LogP contribution in [0.1, 0.15) is 12.6 Å². The average Bonchev–Trinajstić information content (AvgIpc) is 2.13. The summed E-state index contributed by atoms with van der Waals surface area (Å²) in [5.74, 6) is 0. The molecule has 13 heavy (non-hydrogen) atoms. The minimum absolute atomic E-state index is 0.0365. The van der Waals surface area contributed by atoms with E-state index in [0.29, 0.717) is 11.0 Å². The van der Waals surface area contributed by atoms with Crippen LogP contribution in [0.4, 0.5) is 0 Å². The van der Waals surface area contributed by atoms with Crippen LogP contribution in [-0.2, 0) is 6.54 Å². The topological polar surface area (TPSA) is 34.9 Å². The third-order valence-electron chi connectivity index (χ3n) is 1.69. The monoisotopic (exact) mass is 242 g/mol. The molecular formula is C9H11BrN2O. The molecule has 0 spiro atoms. The molecule has 0 unspecified atom stereocenters. The van der Waals surface area contributed by atoms with E-state index in [4.69, 9.17) is 0 Å². The number of allylic oxidation sites excluding steroid dienone is 2. The highest BCUT2D eigenvalue weighted by Gasteiger charge is 2.03. The Morgan fingerprint density at radius 3 is 3.00 bits per heavy atom. The van der Waals surface area contributed by atoms with Crippen molar-refractivity contribution in [3.63, 3.8) is 0 Å². The summed E-state index contributed by atoms with van der Waals surface area (Å²) in [6.07, 6.45) is 5.37. The molecule has 1 aromatic heterocycles. The van der Waals surface area contributed by atoms with Gasteiger partial charge in [-0.1, -0.05) is 12.2 Å². The largest absolute Gasteiger partial charge is 0.294 e. The van der Waals surface area contributed by atoms with Crippen LogP contribution >= 0.6 is 15.9 Å². The van der Waals surface area contributed by atoms with Gasteiger partial charge in [0.2, 0.25) is 0 Å². The van der Waals surface area contributed by atoms with Crippen LogP contribution in [-0.4, -0.2) is 9.55 Å². The molecule has 1 rings (SSSR count). The van der Waals surface area contributed by atoms with Gasteiger partial charge in [-0.3, -0.25) is 9.36 Å². The summed E-state index contributed by atoms with van der Waals surface area (Å²) < 4.78 is 2.09. The molecule has 0 fully saturated rings. The molecule has 1 aromatic rings. The number of halogens is 1. The normalized spacial score (nSPS) is 11.0. The number of nitrogens with zero attached hydrogens (tertiary/aromatic N) is 2. The fraction of sp³-hybridized carbons (Fsp3) is 0.333. The highest BCUT2D eigenvalue weighted by molar-refractivity contribution is 9.10. The number of aryl methyl sites for hydroxylation is 1. The maximum atomic E-state index is 11.5. The maximum Gasteiger partial charge on any atom is 0.268 e. The minimum atomic E-state index is -0.0365. The van der Waals surface area contributed by atoms with E-state index in [1.54, 1.807) is 17.8 Å². The Morgan fingerprint density at radius 2 is 2.38 bits per heavy atom. The summed E-state index contributed by atoms with van der Waals surface area (Å²) in [5.41, 5.74) is 0.687. The van der Waals surface area contributed by atoms with Crippen molar-refractivity contribution in [1.82, 2.24) is 9.55 Å². The molecule has 0 N–H and O–H groups in total. The lowest BCUT2D eigenvalue weighted by atomic mass is 10.4. The molecule has 4 heteroatoms. The lowest BCUT2D eigenvalue weighted by Gasteiger charge is -2.02. The quantitative estimate of drug-likeness (QED) is 0.743. The smallest absolute Gasteiger partial charge is 0.268 e. The van der Waals surface area contributed by atoms with Crippen molar-refractivity contribution in [3.8, 4) is 0 Å². The van der Waals surface area contributed by atoms with E-state index in [1.807, 2.05) is 19.1 Å². The Bertz CT molecular complexity index is 382. The van der Waals surface area contributed by atoms with Crippen LogP contribution in [0.5, 0.6) is 0 Å². The molecule has 0 radical (unpaired) electrons. The van der Waals surface area contributed by atoms with Gasteiger partial charge in [-0.15, -0.1) is 0 Å². The van der Waals surface area contributed by atoms with Gasteiger partial charge in [0.05, 0.1) is 12.0 Å². The van der Waals surface area contributed by atoms with Crippen LogP contribution in [0.2, 0.25) is 0 Å². The molecule has 0 saturated carbocycles. The molecule has 70 valence electrons. The highest BCUT2D eigenvalue weighted by atomic mass is 79.9. The van der Waals surface area contributed by atoms with E-state index in [-0.39, 0.29) is 5.56 Å². The number of rotatable bonds is 2. The van der Waals surface area contributed by atoms with Crippen molar-refractivity contribution in [2.75, 3.05) is 0 Å². The van der Waals surface area contributed by atoms with Crippen molar-refractivity contribution < 1.29 is 0 Å². The second kappa shape index (κ2) is 4.37. The van der Waals surface area contributed by atoms with Crippen LogP contribution < -0.4 is 5.56 Å². The minimum Gasteiger partial charge on any atom is -0.294 e. The third kappa shape index (κ3) is 2.28. The van der Waals surface area contributed by atoms with Crippen molar-refractivity contribution in [1.29, 1.82) is 0 Å². The molecule has 0 aliphatic carbocycles. The molecule has 1 heterocycles. The standard InChI is InChI=1S/C9H11BrN2O/c1-3-4-5-12-6-11-7(2)8(10)9(12)13/h3-4,6H,5H2,1-2H3/b4-3+. The first-order valence-corrected chi connectivity index (χ1v) is 4.78. The lowest BCUT2D eigenvalue weighted by molar-refractivity contribution is 0.739. The molecule has 0 aliphatic heterocycles. The van der Waals surface area contributed by atoms with Gasteiger partial charge in [-0.2, -0.15) is 0 Å². The highest BCUT2D eigenvalue weighted by Crippen LogP contribution is 2.05. The van der Waals surface area contributed by atoms with Gasteiger partial charge < -0.3 is 0 Å². The van der Waals surface area contributed by atoms with Gasteiger partial charge in [0.1, 0.15) is 4.47 Å². The van der Waals surface area contributed by atoms with Crippen molar-refractivity contribution in [2.45, 2.75) is 20.4 Å². The Labute approximate surface area is 85.2 Å². The van der Waals surface area contributed by atoms with Crippen LogP contribution in [0.15, 0.2) is 27.7 Å². The maximum absolute atomic E-state index is 11.5. The Hall–Kier alpha value is -0.900. The molecule has 0 bridgehead atoms. The molecule has 0 atom stereocenters. The predicted octanol–water partition coefficient (Wildman–Crippen LogP) is 1.89. The van der Waals surface area contributed by atoms with E-state index in [9.17, 15) is 4.79 Å². The van der Waals surface area contributed by atoms with Crippen LogP contribution in [0.25, 0.3) is 0 Å². The van der Waals surface area contributed by atoms with Crippen LogP contribution in [0.3, 0.4) is 0 Å². The molecule has 0 saturated heterocycles. The predicted molar refractivity (Wildman–Crippen MR) is 55.7 cm³/mol. The van der Waals surface area contributed by atoms with Gasteiger partial charge in [-0.25, -0.2) is 4.98 Å². The first-order chi connectivity index (χ1) is 6.16. The second-order valence-electron chi connectivity index (χ2n) is 2.67. The summed E-state index contributed by atoms with van der Waals surface area (Å²) in [4.78, 5) is 15.6. The zero-order valence-corrected chi connectivity index (χ0v) is 9.21. The number of hydrogen-bond donors (Lipinski definition) is 0. The van der Waals surface area contributed by atoms with Gasteiger partial charge in [-0.05, 0) is 29.8 Å². The zero-order valence-electron chi connectivity index (χ0n) is 7.62. The summed E-state index contributed by atoms with van der Waals surface area (Å²) in [7, 11) is 0. The van der Waals surface area contributed by atoms with Gasteiger partial charge >= 0.3 is 0 Å². The Kier molecular flexibility index (Phi) is 3.42. The van der Waals surface area contributed by atoms with E-state index in [2.05, 4.69) is 20.9 Å². The summed E-state index contributed by atoms with van der Waals surface area (Å²) in [6.45, 7) is 4.29. The fourth-order valence-electron chi connectivity index (χ4n) is 0.895. The summed E-state index contributed by atoms with van der Waals surface area (Å²) >= 11 is 3.20. The first-order valence-electron chi connectivity index (χ1n) is 3.99. The fourth-order valence-corrected chi connectivity index (χ4v) is 1.23. The lowest BCUT2D eigenvalue weighted by Crippen LogP contribution is -2.21. The van der Waals surface area contributed by atoms with E-state index >= 15 is 0 Å². The molecular weight excluding hydrogens is 232 g/mol. The van der Waals surface area contributed by atoms with Crippen LogP contribution in [0, 0.1) is 6.92 Å². The van der Waals surface area contributed by atoms with Crippen molar-refractivity contribution in [3.05, 3.63) is 39.0 Å². The first kappa shape index (κ1) is 10.2. The molecule has 0 aliphatic rings. The van der Waals surface area contributed by atoms with E-state index in [0.717, 1.165) is 5.69 Å². The second-order valence-corrected chi connectivity index (χ2v) is 3.46. The number of aromatic nitrogens is 2. The number of hydrogen-bond acceptors (Lipinski definition) is 2. The summed E-state index contributed by atoms with van der Waals surface area (Å²) in [6, 6.07) is 0. The van der Waals surface area contributed by atoms with E-state index < -0.39 is 0 Å². The third-order valence-corrected chi connectivity index (χ3v) is 2.61. The van der Waals surface area contributed by atoms with Gasteiger partial charge in [0.15, 0.2) is 0 Å². The van der Waals surface area contributed by atoms with E-state index in [1.165, 1.54) is 0 Å². The SMILES string of the molecule is C/C=C/Cn1cnc(C)c(Br)c1=O. The van der Waals surface area contributed by atoms with Crippen molar-refractivity contribution in [2.24, 2.45) is 0 Å². The van der Waals surface area contributed by atoms with Crippen molar-refractivity contribution >= 4 is 15.9 Å². The summed E-state index contributed by atoms with van der Waals surface area (Å²) in [5, 5.41) is 0. The van der Waals surface area contributed by atoms with Gasteiger partial charge in [0, 0.05) is 6.54 Å². The molecule has 0 amide bonds. The Balaban J connectivity index is 3.11. The van der Waals surface area contributed by atoms with Gasteiger partial charge in [0.25, 0.3) is 5.56 Å². The average molecular weight is 243 g/mol. The molecule has 0 aromatic carbocycles. The Morgan fingerprint density at radius 1 is 1.69 bits per heavy atom.